The van der Waals surface area contributed by atoms with Gasteiger partial charge in [0.1, 0.15) is 5.01 Å². The van der Waals surface area contributed by atoms with Crippen LogP contribution in [0.15, 0.2) is 34.2 Å². The van der Waals surface area contributed by atoms with E-state index < -0.39 is 0 Å². The summed E-state index contributed by atoms with van der Waals surface area (Å²) in [6.07, 6.45) is 2.93. The molecule has 0 spiro atoms. The molecule has 0 saturated carbocycles. The third-order valence-electron chi connectivity index (χ3n) is 2.57. The van der Waals surface area contributed by atoms with Gasteiger partial charge in [-0.25, -0.2) is 4.98 Å². The van der Waals surface area contributed by atoms with Crippen LogP contribution in [-0.4, -0.2) is 11.5 Å². The molecule has 1 unspecified atom stereocenters. The van der Waals surface area contributed by atoms with Gasteiger partial charge >= 0.3 is 0 Å². The van der Waals surface area contributed by atoms with Gasteiger partial charge in [-0.05, 0) is 30.7 Å². The van der Waals surface area contributed by atoms with Crippen molar-refractivity contribution in [1.29, 1.82) is 0 Å². The molecule has 0 radical (unpaired) electrons. The number of hydrogen-bond donors (Lipinski definition) is 1. The smallest absolute Gasteiger partial charge is 0.114 e. The van der Waals surface area contributed by atoms with E-state index in [9.17, 15) is 0 Å². The minimum absolute atomic E-state index is 0.122. The summed E-state index contributed by atoms with van der Waals surface area (Å²) in [5.41, 5.74) is 1.17. The highest BCUT2D eigenvalue weighted by molar-refractivity contribution is 9.10. The van der Waals surface area contributed by atoms with E-state index in [2.05, 4.69) is 33.2 Å². The molecule has 0 bridgehead atoms. The number of halogens is 2. The summed E-state index contributed by atoms with van der Waals surface area (Å²) in [6.45, 7) is 3.11. The Balaban J connectivity index is 2.33. The molecule has 0 aliphatic carbocycles. The number of rotatable bonds is 5. The maximum atomic E-state index is 5.99. The zero-order valence-corrected chi connectivity index (χ0v) is 13.1. The van der Waals surface area contributed by atoms with Crippen LogP contribution in [0.3, 0.4) is 0 Å². The fourth-order valence-corrected chi connectivity index (χ4v) is 3.37. The average molecular weight is 346 g/mol. The SMILES string of the molecule is CCCNC(c1nccs1)c1ccc(Cl)cc1Br. The standard InChI is InChI=1S/C13H14BrClN2S/c1-2-5-16-12(13-17-6-7-18-13)10-4-3-9(15)8-11(10)14/h3-4,6-8,12,16H,2,5H2,1H3. The maximum Gasteiger partial charge on any atom is 0.114 e. The van der Waals surface area contributed by atoms with Gasteiger partial charge in [0.05, 0.1) is 6.04 Å². The van der Waals surface area contributed by atoms with Crippen molar-refractivity contribution in [3.8, 4) is 0 Å². The van der Waals surface area contributed by atoms with E-state index in [-0.39, 0.29) is 6.04 Å². The molecular formula is C13H14BrClN2S. The van der Waals surface area contributed by atoms with Crippen LogP contribution in [0, 0.1) is 0 Å². The molecule has 2 rings (SSSR count). The second-order valence-electron chi connectivity index (χ2n) is 3.92. The van der Waals surface area contributed by atoms with Crippen molar-refractivity contribution in [3.05, 3.63) is 49.8 Å². The summed E-state index contributed by atoms with van der Waals surface area (Å²) in [7, 11) is 0. The lowest BCUT2D eigenvalue weighted by Crippen LogP contribution is -2.23. The van der Waals surface area contributed by atoms with E-state index in [0.29, 0.717) is 0 Å². The molecule has 96 valence electrons. The Kier molecular flexibility index (Phi) is 5.18. The predicted octanol–water partition coefficient (Wildman–Crippen LogP) is 4.65. The first-order valence-electron chi connectivity index (χ1n) is 5.80. The van der Waals surface area contributed by atoms with Gasteiger partial charge in [0.15, 0.2) is 0 Å². The normalized spacial score (nSPS) is 12.6. The third kappa shape index (κ3) is 3.32. The summed E-state index contributed by atoms with van der Waals surface area (Å²) in [5.74, 6) is 0. The third-order valence-corrected chi connectivity index (χ3v) is 4.33. The fourth-order valence-electron chi connectivity index (χ4n) is 1.73. The monoisotopic (exact) mass is 344 g/mol. The van der Waals surface area contributed by atoms with Crippen molar-refractivity contribution in [1.82, 2.24) is 10.3 Å². The minimum atomic E-state index is 0.122. The van der Waals surface area contributed by atoms with Gasteiger partial charge in [-0.1, -0.05) is 40.5 Å². The van der Waals surface area contributed by atoms with Crippen LogP contribution in [-0.2, 0) is 0 Å². The second-order valence-corrected chi connectivity index (χ2v) is 6.14. The zero-order chi connectivity index (χ0) is 13.0. The molecule has 0 fully saturated rings. The van der Waals surface area contributed by atoms with Gasteiger partial charge in [-0.15, -0.1) is 11.3 Å². The second kappa shape index (κ2) is 6.66. The summed E-state index contributed by atoms with van der Waals surface area (Å²) in [6, 6.07) is 6.00. The van der Waals surface area contributed by atoms with Gasteiger partial charge in [-0.3, -0.25) is 0 Å². The van der Waals surface area contributed by atoms with E-state index in [0.717, 1.165) is 27.5 Å². The summed E-state index contributed by atoms with van der Waals surface area (Å²) < 4.78 is 1.01. The van der Waals surface area contributed by atoms with Crippen molar-refractivity contribution >= 4 is 38.9 Å². The number of benzene rings is 1. The molecule has 18 heavy (non-hydrogen) atoms. The molecule has 0 amide bonds. The van der Waals surface area contributed by atoms with Gasteiger partial charge in [0, 0.05) is 21.1 Å². The predicted molar refractivity (Wildman–Crippen MR) is 81.4 cm³/mol. The molecule has 1 heterocycles. The van der Waals surface area contributed by atoms with Crippen molar-refractivity contribution in [3.63, 3.8) is 0 Å². The first-order valence-corrected chi connectivity index (χ1v) is 7.85. The van der Waals surface area contributed by atoms with Crippen LogP contribution in [0.25, 0.3) is 0 Å². The Morgan fingerprint density at radius 1 is 1.50 bits per heavy atom. The lowest BCUT2D eigenvalue weighted by Gasteiger charge is -2.18. The first-order chi connectivity index (χ1) is 8.72. The summed E-state index contributed by atoms with van der Waals surface area (Å²) >= 11 is 11.2. The molecule has 0 aliphatic heterocycles. The lowest BCUT2D eigenvalue weighted by molar-refractivity contribution is 0.594. The van der Waals surface area contributed by atoms with E-state index in [4.69, 9.17) is 11.6 Å². The molecular weight excluding hydrogens is 332 g/mol. The van der Waals surface area contributed by atoms with E-state index >= 15 is 0 Å². The Labute approximate surface area is 125 Å². The highest BCUT2D eigenvalue weighted by atomic mass is 79.9. The quantitative estimate of drug-likeness (QED) is 0.853. The molecule has 5 heteroatoms. The van der Waals surface area contributed by atoms with E-state index in [1.807, 2.05) is 29.8 Å². The Hall–Kier alpha value is -0.420. The average Bonchev–Trinajstić information content (AvgIpc) is 2.85. The van der Waals surface area contributed by atoms with E-state index in [1.165, 1.54) is 5.56 Å². The number of nitrogens with zero attached hydrogens (tertiary/aromatic N) is 1. The van der Waals surface area contributed by atoms with Crippen molar-refractivity contribution in [2.24, 2.45) is 0 Å². The van der Waals surface area contributed by atoms with Crippen molar-refractivity contribution in [2.45, 2.75) is 19.4 Å². The van der Waals surface area contributed by atoms with Gasteiger partial charge in [-0.2, -0.15) is 0 Å². The van der Waals surface area contributed by atoms with Crippen LogP contribution >= 0.6 is 38.9 Å². The Bertz CT molecular complexity index is 502. The summed E-state index contributed by atoms with van der Waals surface area (Å²) in [5, 5.41) is 7.33. The molecule has 0 aliphatic rings. The van der Waals surface area contributed by atoms with Crippen LogP contribution in [0.5, 0.6) is 0 Å². The van der Waals surface area contributed by atoms with Crippen LogP contribution in [0.2, 0.25) is 5.02 Å². The molecule has 2 nitrogen and oxygen atoms in total. The molecule has 0 saturated heterocycles. The first kappa shape index (κ1) is 14.0. The van der Waals surface area contributed by atoms with Gasteiger partial charge < -0.3 is 5.32 Å². The summed E-state index contributed by atoms with van der Waals surface area (Å²) in [4.78, 5) is 4.41. The van der Waals surface area contributed by atoms with Gasteiger partial charge in [0.2, 0.25) is 0 Å². The number of thiazole rings is 1. The van der Waals surface area contributed by atoms with Crippen LogP contribution < -0.4 is 5.32 Å². The zero-order valence-electron chi connectivity index (χ0n) is 9.99. The largest absolute Gasteiger partial charge is 0.304 e. The molecule has 1 aromatic heterocycles. The van der Waals surface area contributed by atoms with Crippen molar-refractivity contribution in [2.75, 3.05) is 6.54 Å². The maximum absolute atomic E-state index is 5.99. The van der Waals surface area contributed by atoms with Gasteiger partial charge in [0.25, 0.3) is 0 Å². The molecule has 1 N–H and O–H groups in total. The van der Waals surface area contributed by atoms with E-state index in [1.54, 1.807) is 11.3 Å². The fraction of sp³-hybridized carbons (Fsp3) is 0.308. The number of aromatic nitrogens is 1. The Morgan fingerprint density at radius 2 is 2.33 bits per heavy atom. The molecule has 1 aromatic carbocycles. The van der Waals surface area contributed by atoms with Crippen LogP contribution in [0.1, 0.15) is 30.0 Å². The molecule has 2 aromatic rings. The highest BCUT2D eigenvalue weighted by Crippen LogP contribution is 2.31. The number of hydrogen-bond acceptors (Lipinski definition) is 3. The minimum Gasteiger partial charge on any atom is -0.304 e. The topological polar surface area (TPSA) is 24.9 Å². The highest BCUT2D eigenvalue weighted by Gasteiger charge is 2.18. The van der Waals surface area contributed by atoms with Crippen molar-refractivity contribution < 1.29 is 0 Å². The Morgan fingerprint density at radius 3 is 2.94 bits per heavy atom. The number of nitrogens with one attached hydrogen (secondary N) is 1. The van der Waals surface area contributed by atoms with Crippen LogP contribution in [0.4, 0.5) is 0 Å². The molecule has 1 atom stereocenters. The lowest BCUT2D eigenvalue weighted by atomic mass is 10.1.